The van der Waals surface area contributed by atoms with E-state index in [4.69, 9.17) is 9.47 Å². The van der Waals surface area contributed by atoms with Crippen LogP contribution < -0.4 is 15.4 Å². The fourth-order valence-electron chi connectivity index (χ4n) is 2.19. The molecule has 110 valence electrons. The van der Waals surface area contributed by atoms with Crippen LogP contribution in [0.3, 0.4) is 0 Å². The Labute approximate surface area is 119 Å². The number of methoxy groups -OCH3 is 1. The fraction of sp³-hybridized carbons (Fsp3) is 0.533. The maximum absolute atomic E-state index is 12.1. The lowest BCUT2D eigenvalue weighted by Crippen LogP contribution is -2.45. The first-order chi connectivity index (χ1) is 9.79. The number of piperidine rings is 1. The van der Waals surface area contributed by atoms with Gasteiger partial charge in [0, 0.05) is 25.3 Å². The van der Waals surface area contributed by atoms with Crippen molar-refractivity contribution < 1.29 is 14.3 Å². The molecule has 2 rings (SSSR count). The Kier molecular flexibility index (Phi) is 5.83. The SMILES string of the molecule is COCCOc1ccc(C(=O)N[C@H]2CCCNC2)cc1. The van der Waals surface area contributed by atoms with Gasteiger partial charge < -0.3 is 20.1 Å². The summed E-state index contributed by atoms with van der Waals surface area (Å²) in [5, 5.41) is 6.33. The van der Waals surface area contributed by atoms with Crippen LogP contribution in [-0.4, -0.2) is 45.4 Å². The van der Waals surface area contributed by atoms with Gasteiger partial charge in [0.15, 0.2) is 0 Å². The highest BCUT2D eigenvalue weighted by molar-refractivity contribution is 5.94. The van der Waals surface area contributed by atoms with E-state index in [2.05, 4.69) is 10.6 Å². The smallest absolute Gasteiger partial charge is 0.251 e. The number of hydrogen-bond donors (Lipinski definition) is 2. The van der Waals surface area contributed by atoms with Gasteiger partial charge in [-0.05, 0) is 43.7 Å². The van der Waals surface area contributed by atoms with E-state index in [1.54, 1.807) is 19.2 Å². The van der Waals surface area contributed by atoms with Gasteiger partial charge in [0.25, 0.3) is 5.91 Å². The highest BCUT2D eigenvalue weighted by Gasteiger charge is 2.16. The maximum atomic E-state index is 12.1. The van der Waals surface area contributed by atoms with Crippen LogP contribution in [0.2, 0.25) is 0 Å². The van der Waals surface area contributed by atoms with Gasteiger partial charge in [-0.3, -0.25) is 4.79 Å². The normalized spacial score (nSPS) is 18.6. The van der Waals surface area contributed by atoms with Gasteiger partial charge >= 0.3 is 0 Å². The molecule has 1 saturated heterocycles. The third kappa shape index (κ3) is 4.51. The zero-order chi connectivity index (χ0) is 14.2. The Bertz CT molecular complexity index is 414. The molecule has 5 heteroatoms. The zero-order valence-corrected chi connectivity index (χ0v) is 11.9. The van der Waals surface area contributed by atoms with Gasteiger partial charge in [-0.2, -0.15) is 0 Å². The van der Waals surface area contributed by atoms with Crippen molar-refractivity contribution in [1.29, 1.82) is 0 Å². The second kappa shape index (κ2) is 7.87. The summed E-state index contributed by atoms with van der Waals surface area (Å²) in [6.07, 6.45) is 2.15. The highest BCUT2D eigenvalue weighted by atomic mass is 16.5. The summed E-state index contributed by atoms with van der Waals surface area (Å²) in [5.41, 5.74) is 0.662. The van der Waals surface area contributed by atoms with Gasteiger partial charge in [-0.25, -0.2) is 0 Å². The van der Waals surface area contributed by atoms with E-state index >= 15 is 0 Å². The molecule has 2 N–H and O–H groups in total. The number of benzene rings is 1. The van der Waals surface area contributed by atoms with Crippen molar-refractivity contribution in [3.63, 3.8) is 0 Å². The Hall–Kier alpha value is -1.59. The molecule has 0 radical (unpaired) electrons. The molecule has 0 spiro atoms. The van der Waals surface area contributed by atoms with E-state index in [1.807, 2.05) is 12.1 Å². The first kappa shape index (κ1) is 14.8. The summed E-state index contributed by atoms with van der Waals surface area (Å²) in [4.78, 5) is 12.1. The number of amides is 1. The van der Waals surface area contributed by atoms with E-state index < -0.39 is 0 Å². The standard InChI is InChI=1S/C15H22N2O3/c1-19-9-10-20-14-6-4-12(5-7-14)15(18)17-13-3-2-8-16-11-13/h4-7,13,16H,2-3,8-11H2,1H3,(H,17,18)/t13-/m0/s1. The average Bonchev–Trinajstić information content (AvgIpc) is 2.49. The molecule has 1 aliphatic heterocycles. The molecule has 5 nitrogen and oxygen atoms in total. The van der Waals surface area contributed by atoms with Gasteiger partial charge in [-0.15, -0.1) is 0 Å². The molecule has 1 heterocycles. The van der Waals surface area contributed by atoms with Gasteiger partial charge in [-0.1, -0.05) is 0 Å². The minimum absolute atomic E-state index is 0.0258. The molecule has 0 aromatic heterocycles. The van der Waals surface area contributed by atoms with Crippen LogP contribution in [0.25, 0.3) is 0 Å². The Balaban J connectivity index is 1.83. The minimum atomic E-state index is -0.0258. The van der Waals surface area contributed by atoms with Gasteiger partial charge in [0.2, 0.25) is 0 Å². The maximum Gasteiger partial charge on any atom is 0.251 e. The van der Waals surface area contributed by atoms with Crippen LogP contribution in [0.4, 0.5) is 0 Å². The number of rotatable bonds is 6. The van der Waals surface area contributed by atoms with Crippen molar-refractivity contribution in [2.75, 3.05) is 33.4 Å². The lowest BCUT2D eigenvalue weighted by atomic mass is 10.1. The predicted octanol–water partition coefficient (Wildman–Crippen LogP) is 1.19. The predicted molar refractivity (Wildman–Crippen MR) is 77.2 cm³/mol. The van der Waals surface area contributed by atoms with E-state index in [1.165, 1.54) is 0 Å². The second-order valence-corrected chi connectivity index (χ2v) is 4.88. The number of ether oxygens (including phenoxy) is 2. The van der Waals surface area contributed by atoms with Crippen molar-refractivity contribution in [1.82, 2.24) is 10.6 Å². The van der Waals surface area contributed by atoms with Crippen molar-refractivity contribution >= 4 is 5.91 Å². The van der Waals surface area contributed by atoms with Crippen LogP contribution in [0.5, 0.6) is 5.75 Å². The van der Waals surface area contributed by atoms with E-state index in [-0.39, 0.29) is 11.9 Å². The van der Waals surface area contributed by atoms with Crippen LogP contribution in [0, 0.1) is 0 Å². The zero-order valence-electron chi connectivity index (χ0n) is 11.9. The lowest BCUT2D eigenvalue weighted by Gasteiger charge is -2.23. The quantitative estimate of drug-likeness (QED) is 0.768. The van der Waals surface area contributed by atoms with Crippen molar-refractivity contribution in [2.24, 2.45) is 0 Å². The van der Waals surface area contributed by atoms with Crippen LogP contribution in [0.15, 0.2) is 24.3 Å². The molecular weight excluding hydrogens is 256 g/mol. The first-order valence-corrected chi connectivity index (χ1v) is 7.03. The van der Waals surface area contributed by atoms with Crippen molar-refractivity contribution in [2.45, 2.75) is 18.9 Å². The average molecular weight is 278 g/mol. The Morgan fingerprint density at radius 2 is 2.15 bits per heavy atom. The molecule has 1 fully saturated rings. The lowest BCUT2D eigenvalue weighted by molar-refractivity contribution is 0.0930. The summed E-state index contributed by atoms with van der Waals surface area (Å²) in [6, 6.07) is 7.42. The third-order valence-corrected chi connectivity index (χ3v) is 3.30. The monoisotopic (exact) mass is 278 g/mol. The van der Waals surface area contributed by atoms with E-state index in [0.29, 0.717) is 18.8 Å². The van der Waals surface area contributed by atoms with E-state index in [0.717, 1.165) is 31.7 Å². The fourth-order valence-corrected chi connectivity index (χ4v) is 2.19. The largest absolute Gasteiger partial charge is 0.491 e. The molecule has 1 aliphatic rings. The number of hydrogen-bond acceptors (Lipinski definition) is 4. The molecule has 0 bridgehead atoms. The third-order valence-electron chi connectivity index (χ3n) is 3.30. The van der Waals surface area contributed by atoms with Crippen LogP contribution >= 0.6 is 0 Å². The highest BCUT2D eigenvalue weighted by Crippen LogP contribution is 2.12. The molecule has 1 amide bonds. The second-order valence-electron chi connectivity index (χ2n) is 4.88. The first-order valence-electron chi connectivity index (χ1n) is 7.03. The summed E-state index contributed by atoms with van der Waals surface area (Å²) >= 11 is 0. The summed E-state index contributed by atoms with van der Waals surface area (Å²) in [5.74, 6) is 0.722. The summed E-state index contributed by atoms with van der Waals surface area (Å²) in [6.45, 7) is 2.95. The van der Waals surface area contributed by atoms with Crippen molar-refractivity contribution in [3.8, 4) is 5.75 Å². The summed E-state index contributed by atoms with van der Waals surface area (Å²) in [7, 11) is 1.64. The van der Waals surface area contributed by atoms with Crippen molar-refractivity contribution in [3.05, 3.63) is 29.8 Å². The molecule has 0 saturated carbocycles. The Morgan fingerprint density at radius 1 is 1.35 bits per heavy atom. The Morgan fingerprint density at radius 3 is 2.80 bits per heavy atom. The van der Waals surface area contributed by atoms with Crippen LogP contribution in [-0.2, 0) is 4.74 Å². The number of nitrogens with one attached hydrogen (secondary N) is 2. The molecule has 1 aromatic rings. The molecule has 0 unspecified atom stereocenters. The molecule has 1 aromatic carbocycles. The molecule has 20 heavy (non-hydrogen) atoms. The van der Waals surface area contributed by atoms with Gasteiger partial charge in [0.1, 0.15) is 12.4 Å². The molecule has 0 aliphatic carbocycles. The molecular formula is C15H22N2O3. The number of carbonyl (C=O) groups is 1. The molecule has 1 atom stereocenters. The minimum Gasteiger partial charge on any atom is -0.491 e. The van der Waals surface area contributed by atoms with Crippen LogP contribution in [0.1, 0.15) is 23.2 Å². The van der Waals surface area contributed by atoms with E-state index in [9.17, 15) is 4.79 Å². The van der Waals surface area contributed by atoms with Gasteiger partial charge in [0.05, 0.1) is 6.61 Å². The number of carbonyl (C=O) groups excluding carboxylic acids is 1. The summed E-state index contributed by atoms with van der Waals surface area (Å²) < 4.78 is 10.4. The topological polar surface area (TPSA) is 59.6 Å².